The molecule has 4 heteroatoms. The van der Waals surface area contributed by atoms with Crippen LogP contribution in [0.4, 0.5) is 0 Å². The van der Waals surface area contributed by atoms with Crippen molar-refractivity contribution < 1.29 is 9.59 Å². The average molecular weight is 273 g/mol. The van der Waals surface area contributed by atoms with E-state index in [9.17, 15) is 9.59 Å². The summed E-state index contributed by atoms with van der Waals surface area (Å²) in [7, 11) is -3.42. The molecule has 0 saturated carbocycles. The van der Waals surface area contributed by atoms with Gasteiger partial charge in [0.2, 0.25) is 0 Å². The molecule has 2 nitrogen and oxygen atoms in total. The first kappa shape index (κ1) is 16.8. The molecule has 0 aliphatic rings. The van der Waals surface area contributed by atoms with Gasteiger partial charge in [-0.25, -0.2) is 0 Å². The summed E-state index contributed by atoms with van der Waals surface area (Å²) in [5, 5.41) is 0.772. The van der Waals surface area contributed by atoms with Gasteiger partial charge < -0.3 is 9.59 Å². The second-order valence-corrected chi connectivity index (χ2v) is 16.2. The van der Waals surface area contributed by atoms with Crippen LogP contribution < -0.4 is 0 Å². The largest absolute Gasteiger partial charge is 0.305 e. The zero-order valence-electron chi connectivity index (χ0n) is 12.4. The number of carbonyl (C=O) groups is 2. The van der Waals surface area contributed by atoms with E-state index in [-0.39, 0.29) is 0 Å². The monoisotopic (exact) mass is 272 g/mol. The molecule has 0 aliphatic heterocycles. The van der Waals surface area contributed by atoms with Gasteiger partial charge in [-0.05, 0) is 0 Å². The molecule has 0 heterocycles. The van der Waals surface area contributed by atoms with Crippen molar-refractivity contribution in [2.75, 3.05) is 0 Å². The van der Waals surface area contributed by atoms with E-state index < -0.39 is 16.1 Å². The van der Waals surface area contributed by atoms with E-state index in [2.05, 4.69) is 40.4 Å². The van der Waals surface area contributed by atoms with Crippen molar-refractivity contribution in [3.05, 3.63) is 0 Å². The van der Waals surface area contributed by atoms with Crippen molar-refractivity contribution in [2.45, 2.75) is 71.4 Å². The standard InChI is InChI=1S/C13H28O2Si2/c1-7-17(8-2,9-3)13(15)11-10-12(14)16(4,5)6/h7-11H2,1-6H3. The first-order valence-electron chi connectivity index (χ1n) is 6.80. The molecule has 0 saturated heterocycles. The molecule has 0 bridgehead atoms. The SMILES string of the molecule is CC[Si](CC)(CC)C(=O)CCC(=O)[Si](C)(C)C. The molecule has 0 unspecified atom stereocenters. The van der Waals surface area contributed by atoms with Gasteiger partial charge in [0.1, 0.15) is 27.0 Å². The fraction of sp³-hybridized carbons (Fsp3) is 0.846. The fourth-order valence-corrected chi connectivity index (χ4v) is 6.42. The minimum absolute atomic E-state index is 0.344. The highest BCUT2D eigenvalue weighted by Gasteiger charge is 2.35. The van der Waals surface area contributed by atoms with Crippen LogP contribution in [0.1, 0.15) is 33.6 Å². The molecule has 17 heavy (non-hydrogen) atoms. The number of rotatable bonds is 8. The van der Waals surface area contributed by atoms with E-state index in [1.807, 2.05) is 0 Å². The Morgan fingerprint density at radius 1 is 0.765 bits per heavy atom. The molecule has 0 amide bonds. The Balaban J connectivity index is 4.50. The molecule has 0 atom stereocenters. The molecular formula is C13H28O2Si2. The number of carbonyl (C=O) groups excluding carboxylic acids is 2. The Bertz CT molecular complexity index is 267. The zero-order valence-corrected chi connectivity index (χ0v) is 14.4. The van der Waals surface area contributed by atoms with E-state index in [1.165, 1.54) is 0 Å². The van der Waals surface area contributed by atoms with Crippen molar-refractivity contribution in [2.24, 2.45) is 0 Å². The van der Waals surface area contributed by atoms with Crippen LogP contribution in [0.25, 0.3) is 0 Å². The van der Waals surface area contributed by atoms with E-state index >= 15 is 0 Å². The fourth-order valence-electron chi connectivity index (χ4n) is 2.21. The van der Waals surface area contributed by atoms with Gasteiger partial charge in [0.05, 0.1) is 0 Å². The van der Waals surface area contributed by atoms with E-state index in [1.54, 1.807) is 0 Å². The van der Waals surface area contributed by atoms with Gasteiger partial charge in [0, 0.05) is 12.8 Å². The molecule has 0 rings (SSSR count). The smallest absolute Gasteiger partial charge is 0.132 e. The van der Waals surface area contributed by atoms with Crippen LogP contribution in [0.2, 0.25) is 37.8 Å². The Kier molecular flexibility index (Phi) is 6.55. The Morgan fingerprint density at radius 3 is 1.41 bits per heavy atom. The van der Waals surface area contributed by atoms with E-state index in [0.717, 1.165) is 18.1 Å². The third-order valence-electron chi connectivity index (χ3n) is 4.04. The second-order valence-electron chi connectivity index (χ2n) is 5.94. The van der Waals surface area contributed by atoms with Crippen LogP contribution in [0, 0.1) is 0 Å². The maximum atomic E-state index is 12.3. The summed E-state index contributed by atoms with van der Waals surface area (Å²) in [5.41, 5.74) is 0. The number of hydrogen-bond donors (Lipinski definition) is 0. The van der Waals surface area contributed by atoms with Gasteiger partial charge in [-0.2, -0.15) is 0 Å². The summed E-state index contributed by atoms with van der Waals surface area (Å²) < 4.78 is 0. The topological polar surface area (TPSA) is 34.1 Å². The summed E-state index contributed by atoms with van der Waals surface area (Å²) in [6.45, 7) is 12.6. The predicted octanol–water partition coefficient (Wildman–Crippen LogP) is 3.83. The lowest BCUT2D eigenvalue weighted by Crippen LogP contribution is -2.43. The van der Waals surface area contributed by atoms with Crippen molar-refractivity contribution in [3.63, 3.8) is 0 Å². The van der Waals surface area contributed by atoms with E-state index in [0.29, 0.717) is 23.7 Å². The molecule has 0 aromatic carbocycles. The van der Waals surface area contributed by atoms with Gasteiger partial charge in [0.25, 0.3) is 0 Å². The lowest BCUT2D eigenvalue weighted by atomic mass is 10.3. The highest BCUT2D eigenvalue weighted by Crippen LogP contribution is 2.23. The van der Waals surface area contributed by atoms with Crippen molar-refractivity contribution in [3.8, 4) is 0 Å². The molecule has 0 aromatic heterocycles. The molecule has 0 aromatic rings. The van der Waals surface area contributed by atoms with Crippen LogP contribution in [-0.2, 0) is 9.59 Å². The summed E-state index contributed by atoms with van der Waals surface area (Å²) in [5.74, 6) is 0. The molecule has 0 radical (unpaired) electrons. The third kappa shape index (κ3) is 4.50. The van der Waals surface area contributed by atoms with Crippen LogP contribution in [-0.4, -0.2) is 27.0 Å². The van der Waals surface area contributed by atoms with Crippen LogP contribution in [0.15, 0.2) is 0 Å². The van der Waals surface area contributed by atoms with Gasteiger partial charge in [0.15, 0.2) is 0 Å². The lowest BCUT2D eigenvalue weighted by molar-refractivity contribution is -0.117. The molecule has 0 aliphatic carbocycles. The van der Waals surface area contributed by atoms with Crippen molar-refractivity contribution >= 4 is 27.0 Å². The first-order valence-corrected chi connectivity index (χ1v) is 12.9. The highest BCUT2D eigenvalue weighted by atomic mass is 28.3. The van der Waals surface area contributed by atoms with Crippen molar-refractivity contribution in [1.29, 1.82) is 0 Å². The summed E-state index contributed by atoms with van der Waals surface area (Å²) in [6, 6.07) is 3.08. The maximum absolute atomic E-state index is 12.3. The van der Waals surface area contributed by atoms with Crippen LogP contribution in [0.5, 0.6) is 0 Å². The second kappa shape index (κ2) is 6.64. The molecule has 0 spiro atoms. The zero-order chi connectivity index (χ0) is 13.7. The average Bonchev–Trinajstić information content (AvgIpc) is 2.27. The number of hydrogen-bond acceptors (Lipinski definition) is 2. The predicted molar refractivity (Wildman–Crippen MR) is 79.8 cm³/mol. The maximum Gasteiger partial charge on any atom is 0.132 e. The third-order valence-corrected chi connectivity index (χ3v) is 11.5. The van der Waals surface area contributed by atoms with Gasteiger partial charge >= 0.3 is 0 Å². The minimum atomic E-state index is -1.72. The van der Waals surface area contributed by atoms with Crippen LogP contribution in [0.3, 0.4) is 0 Å². The Morgan fingerprint density at radius 2 is 1.12 bits per heavy atom. The van der Waals surface area contributed by atoms with Gasteiger partial charge in [-0.15, -0.1) is 0 Å². The highest BCUT2D eigenvalue weighted by molar-refractivity contribution is 7.06. The summed E-state index contributed by atoms with van der Waals surface area (Å²) in [6.07, 6.45) is 0.994. The van der Waals surface area contributed by atoms with E-state index in [4.69, 9.17) is 0 Å². The lowest BCUT2D eigenvalue weighted by Gasteiger charge is -2.26. The minimum Gasteiger partial charge on any atom is -0.305 e. The quantitative estimate of drug-likeness (QED) is 0.629. The Labute approximate surface area is 108 Å². The summed E-state index contributed by atoms with van der Waals surface area (Å²) in [4.78, 5) is 24.2. The van der Waals surface area contributed by atoms with Gasteiger partial charge in [-0.3, -0.25) is 0 Å². The molecule has 100 valence electrons. The molecular weight excluding hydrogens is 244 g/mol. The summed E-state index contributed by atoms with van der Waals surface area (Å²) >= 11 is 0. The van der Waals surface area contributed by atoms with Gasteiger partial charge in [-0.1, -0.05) is 58.5 Å². The first-order chi connectivity index (χ1) is 7.73. The molecule has 0 fully saturated rings. The normalized spacial score (nSPS) is 12.6. The van der Waals surface area contributed by atoms with Crippen molar-refractivity contribution in [1.82, 2.24) is 0 Å². The van der Waals surface area contributed by atoms with Crippen LogP contribution >= 0.6 is 0 Å². The molecule has 0 N–H and O–H groups in total. The Hall–Kier alpha value is -0.226.